The Morgan fingerprint density at radius 2 is 2.10 bits per heavy atom. The van der Waals surface area contributed by atoms with Gasteiger partial charge in [-0.1, -0.05) is 0 Å². The van der Waals surface area contributed by atoms with E-state index in [-0.39, 0.29) is 17.6 Å². The van der Waals surface area contributed by atoms with Crippen LogP contribution in [0.25, 0.3) is 10.9 Å². The predicted molar refractivity (Wildman–Crippen MR) is 121 cm³/mol. The van der Waals surface area contributed by atoms with Crippen molar-refractivity contribution >= 4 is 45.7 Å². The summed E-state index contributed by atoms with van der Waals surface area (Å²) in [7, 11) is 0. The number of carbonyl (C=O) groups is 2. The van der Waals surface area contributed by atoms with Gasteiger partial charge < -0.3 is 10.4 Å². The molecular weight excluding hydrogens is 430 g/mol. The minimum absolute atomic E-state index is 0.0845. The van der Waals surface area contributed by atoms with Gasteiger partial charge in [-0.15, -0.1) is 23.1 Å². The number of benzene rings is 1. The summed E-state index contributed by atoms with van der Waals surface area (Å²) < 4.78 is 0. The quantitative estimate of drug-likeness (QED) is 0.417. The lowest BCUT2D eigenvalue weighted by molar-refractivity contribution is -0.138. The fourth-order valence-electron chi connectivity index (χ4n) is 3.14. The van der Waals surface area contributed by atoms with Crippen LogP contribution in [0.2, 0.25) is 0 Å². The number of nitrogens with one attached hydrogen (secondary N) is 1. The lowest BCUT2D eigenvalue weighted by Crippen LogP contribution is -2.42. The van der Waals surface area contributed by atoms with Crippen molar-refractivity contribution in [2.45, 2.75) is 43.2 Å². The van der Waals surface area contributed by atoms with E-state index in [1.165, 1.54) is 18.7 Å². The number of amides is 1. The number of pyridine rings is 1. The molecule has 2 heterocycles. The summed E-state index contributed by atoms with van der Waals surface area (Å²) in [5.74, 6) is -0.318. The van der Waals surface area contributed by atoms with E-state index in [0.717, 1.165) is 45.7 Å². The van der Waals surface area contributed by atoms with Crippen LogP contribution in [0.4, 0.5) is 0 Å². The molecule has 3 aromatic rings. The maximum absolute atomic E-state index is 12.8. The summed E-state index contributed by atoms with van der Waals surface area (Å²) in [6.45, 7) is 3.35. The molecule has 1 fully saturated rings. The monoisotopic (exact) mass is 451 g/mol. The fourth-order valence-corrected chi connectivity index (χ4v) is 5.23. The molecule has 8 heteroatoms. The molecule has 0 bridgehead atoms. The minimum Gasteiger partial charge on any atom is -0.375 e. The maximum atomic E-state index is 12.8. The molecule has 31 heavy (non-hydrogen) atoms. The lowest BCUT2D eigenvalue weighted by atomic mass is 10.0. The number of thiophene rings is 1. The van der Waals surface area contributed by atoms with Crippen molar-refractivity contribution in [3.8, 4) is 6.07 Å². The summed E-state index contributed by atoms with van der Waals surface area (Å²) >= 11 is 2.53. The zero-order chi connectivity index (χ0) is 22.2. The van der Waals surface area contributed by atoms with Crippen molar-refractivity contribution in [1.29, 1.82) is 5.26 Å². The molecule has 1 amide bonds. The van der Waals surface area contributed by atoms with Crippen molar-refractivity contribution in [2.24, 2.45) is 0 Å². The number of fused-ring (bicyclic) bond motifs is 1. The Balaban J connectivity index is 1.50. The van der Waals surface area contributed by atoms with Crippen molar-refractivity contribution in [1.82, 2.24) is 10.3 Å². The first-order valence-electron chi connectivity index (χ1n) is 9.89. The van der Waals surface area contributed by atoms with E-state index in [1.807, 2.05) is 19.1 Å². The van der Waals surface area contributed by atoms with Crippen LogP contribution in [0.3, 0.4) is 0 Å². The first kappa shape index (κ1) is 21.5. The van der Waals surface area contributed by atoms with E-state index >= 15 is 0 Å². The van der Waals surface area contributed by atoms with Gasteiger partial charge in [0.2, 0.25) is 0 Å². The van der Waals surface area contributed by atoms with E-state index in [0.29, 0.717) is 15.3 Å². The number of thioether (sulfide) groups is 1. The molecule has 0 radical (unpaired) electrons. The highest BCUT2D eigenvalue weighted by Crippen LogP contribution is 2.33. The average Bonchev–Trinajstić information content (AvgIpc) is 3.41. The molecule has 1 atom stereocenters. The van der Waals surface area contributed by atoms with Crippen molar-refractivity contribution in [2.75, 3.05) is 5.75 Å². The zero-order valence-electron chi connectivity index (χ0n) is 17.1. The van der Waals surface area contributed by atoms with Gasteiger partial charge in [-0.2, -0.15) is 5.26 Å². The van der Waals surface area contributed by atoms with Crippen LogP contribution >= 0.6 is 23.1 Å². The largest absolute Gasteiger partial charge is 0.375 e. The number of nitriles is 1. The molecule has 0 saturated heterocycles. The molecule has 1 aliphatic rings. The number of aliphatic hydroxyl groups is 1. The predicted octanol–water partition coefficient (Wildman–Crippen LogP) is 3.94. The van der Waals surface area contributed by atoms with Crippen LogP contribution in [0.1, 0.15) is 45.6 Å². The number of hydrogen-bond acceptors (Lipinski definition) is 7. The molecular formula is C23H21N3O3S2. The summed E-state index contributed by atoms with van der Waals surface area (Å²) in [4.78, 5) is 31.5. The van der Waals surface area contributed by atoms with Crippen LogP contribution in [-0.4, -0.2) is 33.6 Å². The third-order valence-corrected chi connectivity index (χ3v) is 7.49. The third-order valence-electron chi connectivity index (χ3n) is 5.10. The summed E-state index contributed by atoms with van der Waals surface area (Å²) in [6, 6.07) is 12.8. The van der Waals surface area contributed by atoms with Crippen LogP contribution in [0.15, 0.2) is 41.3 Å². The maximum Gasteiger partial charge on any atom is 0.257 e. The molecule has 1 saturated carbocycles. The second-order valence-corrected chi connectivity index (χ2v) is 9.90. The van der Waals surface area contributed by atoms with Crippen LogP contribution < -0.4 is 5.32 Å². The molecule has 1 aromatic carbocycles. The molecule has 4 rings (SSSR count). The minimum atomic E-state index is -1.66. The van der Waals surface area contributed by atoms with Crippen LogP contribution in [0, 0.1) is 18.3 Å². The van der Waals surface area contributed by atoms with Gasteiger partial charge in [-0.3, -0.25) is 14.6 Å². The third kappa shape index (κ3) is 4.64. The average molecular weight is 452 g/mol. The number of carbonyl (C=O) groups excluding carboxylic acids is 2. The van der Waals surface area contributed by atoms with Gasteiger partial charge in [0, 0.05) is 26.9 Å². The first-order valence-corrected chi connectivity index (χ1v) is 11.7. The number of Topliss-reactive ketones (excluding diaryl/α,β-unsaturated/α-hetero) is 1. The Bertz CT molecular complexity index is 1220. The molecule has 0 unspecified atom stereocenters. The summed E-state index contributed by atoms with van der Waals surface area (Å²) in [6.07, 6.45) is 1.87. The molecule has 2 aromatic heterocycles. The van der Waals surface area contributed by atoms with Gasteiger partial charge in [0.25, 0.3) is 5.91 Å². The smallest absolute Gasteiger partial charge is 0.257 e. The van der Waals surface area contributed by atoms with E-state index in [1.54, 1.807) is 24.3 Å². The Labute approximate surface area is 188 Å². The first-order chi connectivity index (χ1) is 14.8. The zero-order valence-corrected chi connectivity index (χ0v) is 18.8. The number of aryl methyl sites for hydroxylation is 1. The Hall–Kier alpha value is -2.73. The highest BCUT2D eigenvalue weighted by molar-refractivity contribution is 8.00. The van der Waals surface area contributed by atoms with E-state index in [9.17, 15) is 20.0 Å². The standard InChI is InChI=1S/C23H21N3O3S2/c1-13-9-20(16-10-14(11-24)3-6-17(16)25-13)30-12-18(27)19-7-8-21(31-19)23(2,29)22(28)26-15-4-5-15/h3,6-10,15,29H,4-5,12H2,1-2H3,(H,26,28)/t23-/m1/s1. The van der Waals surface area contributed by atoms with Crippen LogP contribution in [-0.2, 0) is 10.4 Å². The second-order valence-electron chi connectivity index (χ2n) is 7.80. The Morgan fingerprint density at radius 3 is 2.81 bits per heavy atom. The van der Waals surface area contributed by atoms with Gasteiger partial charge in [0.1, 0.15) is 0 Å². The van der Waals surface area contributed by atoms with Gasteiger partial charge in [0.05, 0.1) is 27.8 Å². The van der Waals surface area contributed by atoms with Gasteiger partial charge in [-0.25, -0.2) is 0 Å². The SMILES string of the molecule is Cc1cc(SCC(=O)c2ccc([C@@](C)(O)C(=O)NC3CC3)s2)c2cc(C#N)ccc2n1. The molecule has 0 spiro atoms. The molecule has 0 aliphatic heterocycles. The number of nitrogens with zero attached hydrogens (tertiary/aromatic N) is 2. The highest BCUT2D eigenvalue weighted by Gasteiger charge is 2.37. The van der Waals surface area contributed by atoms with E-state index in [4.69, 9.17) is 0 Å². The molecule has 2 N–H and O–H groups in total. The number of ketones is 1. The Morgan fingerprint density at radius 1 is 1.32 bits per heavy atom. The lowest BCUT2D eigenvalue weighted by Gasteiger charge is -2.20. The Kier molecular flexibility index (Phi) is 5.84. The second kappa shape index (κ2) is 8.42. The topological polar surface area (TPSA) is 103 Å². The number of hydrogen-bond donors (Lipinski definition) is 2. The van der Waals surface area contributed by atoms with Crippen molar-refractivity contribution in [3.05, 3.63) is 57.4 Å². The number of rotatable bonds is 7. The van der Waals surface area contributed by atoms with Gasteiger partial charge >= 0.3 is 0 Å². The summed E-state index contributed by atoms with van der Waals surface area (Å²) in [5.41, 5.74) is 0.500. The van der Waals surface area contributed by atoms with E-state index < -0.39 is 11.5 Å². The molecule has 1 aliphatic carbocycles. The van der Waals surface area contributed by atoms with Gasteiger partial charge in [0.15, 0.2) is 11.4 Å². The van der Waals surface area contributed by atoms with E-state index in [2.05, 4.69) is 16.4 Å². The van der Waals surface area contributed by atoms with Crippen LogP contribution in [0.5, 0.6) is 0 Å². The fraction of sp³-hybridized carbons (Fsp3) is 0.304. The molecule has 158 valence electrons. The van der Waals surface area contributed by atoms with Gasteiger partial charge in [-0.05, 0) is 63.1 Å². The van der Waals surface area contributed by atoms with Crippen molar-refractivity contribution in [3.63, 3.8) is 0 Å². The summed E-state index contributed by atoms with van der Waals surface area (Å²) in [5, 5.41) is 23.5. The number of aromatic nitrogens is 1. The highest BCUT2D eigenvalue weighted by atomic mass is 32.2. The molecule has 6 nitrogen and oxygen atoms in total. The van der Waals surface area contributed by atoms with Crippen molar-refractivity contribution < 1.29 is 14.7 Å². The normalized spacial score (nSPS) is 15.3.